The predicted octanol–water partition coefficient (Wildman–Crippen LogP) is 5.39. The summed E-state index contributed by atoms with van der Waals surface area (Å²) in [7, 11) is 0. The second-order valence-electron chi connectivity index (χ2n) is 7.46. The largest absolute Gasteiger partial charge is 0.354 e. The van der Waals surface area contributed by atoms with Crippen LogP contribution in [0.5, 0.6) is 0 Å². The highest BCUT2D eigenvalue weighted by Gasteiger charge is 2.23. The van der Waals surface area contributed by atoms with E-state index in [1.807, 2.05) is 18.2 Å². The molecule has 1 atom stereocenters. The lowest BCUT2D eigenvalue weighted by molar-refractivity contribution is -0.123. The zero-order chi connectivity index (χ0) is 22.7. The molecule has 0 fully saturated rings. The van der Waals surface area contributed by atoms with Crippen LogP contribution in [0, 0.1) is 5.82 Å². The molecule has 164 valence electrons. The molecule has 0 saturated carbocycles. The summed E-state index contributed by atoms with van der Waals surface area (Å²) >= 11 is 12.4. The van der Waals surface area contributed by atoms with Gasteiger partial charge in [-0.2, -0.15) is 0 Å². The van der Waals surface area contributed by atoms with E-state index in [2.05, 4.69) is 15.3 Å². The Kier molecular flexibility index (Phi) is 6.72. The molecule has 5 nitrogen and oxygen atoms in total. The van der Waals surface area contributed by atoms with E-state index in [9.17, 15) is 9.18 Å². The van der Waals surface area contributed by atoms with Gasteiger partial charge in [-0.3, -0.25) is 9.78 Å². The molecule has 0 aliphatic rings. The number of benzene rings is 2. The Morgan fingerprint density at radius 1 is 1.12 bits per heavy atom. The van der Waals surface area contributed by atoms with Crippen molar-refractivity contribution in [3.8, 4) is 0 Å². The second kappa shape index (κ2) is 9.67. The number of pyridine rings is 1. The summed E-state index contributed by atoms with van der Waals surface area (Å²) in [5.41, 5.74) is 2.65. The van der Waals surface area contributed by atoms with Gasteiger partial charge < -0.3 is 9.88 Å². The first-order valence-corrected chi connectivity index (χ1v) is 11.0. The predicted molar refractivity (Wildman–Crippen MR) is 125 cm³/mol. The van der Waals surface area contributed by atoms with Crippen molar-refractivity contribution >= 4 is 40.1 Å². The fraction of sp³-hybridized carbons (Fsp3) is 0.208. The van der Waals surface area contributed by atoms with Crippen molar-refractivity contribution in [2.24, 2.45) is 0 Å². The normalized spacial score (nSPS) is 12.1. The van der Waals surface area contributed by atoms with Crippen LogP contribution in [0.2, 0.25) is 10.0 Å². The molecule has 1 N–H and O–H groups in total. The van der Waals surface area contributed by atoms with Gasteiger partial charge in [0.05, 0.1) is 21.1 Å². The maximum absolute atomic E-state index is 14.3. The van der Waals surface area contributed by atoms with Crippen molar-refractivity contribution in [1.29, 1.82) is 0 Å². The molecule has 0 aliphatic carbocycles. The second-order valence-corrected chi connectivity index (χ2v) is 8.27. The molecule has 2 aromatic carbocycles. The number of hydrogen-bond acceptors (Lipinski definition) is 3. The van der Waals surface area contributed by atoms with E-state index in [0.717, 1.165) is 5.69 Å². The molecule has 4 rings (SSSR count). The van der Waals surface area contributed by atoms with Crippen LogP contribution in [0.3, 0.4) is 0 Å². The minimum Gasteiger partial charge on any atom is -0.354 e. The Bertz CT molecular complexity index is 1260. The number of carbonyl (C=O) groups is 1. The number of rotatable bonds is 7. The third-order valence-corrected chi connectivity index (χ3v) is 6.01. The van der Waals surface area contributed by atoms with Gasteiger partial charge in [0.15, 0.2) is 0 Å². The highest BCUT2D eigenvalue weighted by Crippen LogP contribution is 2.31. The first-order chi connectivity index (χ1) is 15.4. The number of aromatic nitrogens is 3. The molecule has 1 amide bonds. The highest BCUT2D eigenvalue weighted by molar-refractivity contribution is 6.42. The van der Waals surface area contributed by atoms with Crippen LogP contribution in [0.25, 0.3) is 11.0 Å². The maximum Gasteiger partial charge on any atom is 0.242 e. The van der Waals surface area contributed by atoms with E-state index in [0.29, 0.717) is 45.4 Å². The van der Waals surface area contributed by atoms with Gasteiger partial charge in [0.25, 0.3) is 0 Å². The average molecular weight is 471 g/mol. The quantitative estimate of drug-likeness (QED) is 0.393. The number of hydrogen-bond donors (Lipinski definition) is 1. The number of amides is 1. The van der Waals surface area contributed by atoms with Gasteiger partial charge in [-0.25, -0.2) is 9.37 Å². The van der Waals surface area contributed by atoms with Crippen molar-refractivity contribution < 1.29 is 9.18 Å². The van der Waals surface area contributed by atoms with Crippen LogP contribution in [0.15, 0.2) is 60.8 Å². The minimum absolute atomic E-state index is 0.180. The van der Waals surface area contributed by atoms with Crippen LogP contribution >= 0.6 is 23.2 Å². The lowest BCUT2D eigenvalue weighted by atomic mass is 10.1. The maximum atomic E-state index is 14.3. The summed E-state index contributed by atoms with van der Waals surface area (Å²) in [5.74, 6) is 0.0477. The molecule has 1 unspecified atom stereocenters. The third kappa shape index (κ3) is 4.76. The summed E-state index contributed by atoms with van der Waals surface area (Å²) in [6.45, 7) is 2.23. The number of nitrogens with one attached hydrogen (secondary N) is 1. The monoisotopic (exact) mass is 470 g/mol. The SMILES string of the molecule is CC(C(=O)NCCc1ccccn1)n1c(Cc2ccccc2F)nc2cc(Cl)c(Cl)cc21. The molecule has 2 aromatic heterocycles. The molecule has 2 heterocycles. The van der Waals surface area contributed by atoms with Gasteiger partial charge in [0.2, 0.25) is 5.91 Å². The number of imidazole rings is 1. The Balaban J connectivity index is 1.63. The highest BCUT2D eigenvalue weighted by atomic mass is 35.5. The van der Waals surface area contributed by atoms with E-state index in [4.69, 9.17) is 23.2 Å². The van der Waals surface area contributed by atoms with Gasteiger partial charge in [-0.05, 0) is 42.8 Å². The molecule has 0 saturated heterocycles. The Hall–Kier alpha value is -2.96. The molecule has 0 spiro atoms. The molecule has 32 heavy (non-hydrogen) atoms. The third-order valence-electron chi connectivity index (χ3n) is 5.28. The van der Waals surface area contributed by atoms with E-state index >= 15 is 0 Å². The van der Waals surface area contributed by atoms with E-state index in [1.165, 1.54) is 6.07 Å². The van der Waals surface area contributed by atoms with E-state index < -0.39 is 6.04 Å². The molecular formula is C24H21Cl2FN4O. The molecular weight excluding hydrogens is 450 g/mol. The zero-order valence-corrected chi connectivity index (χ0v) is 18.9. The lowest BCUT2D eigenvalue weighted by Gasteiger charge is -2.18. The summed E-state index contributed by atoms with van der Waals surface area (Å²) in [6, 6.07) is 14.9. The molecule has 0 radical (unpaired) electrons. The summed E-state index contributed by atoms with van der Waals surface area (Å²) < 4.78 is 16.1. The van der Waals surface area contributed by atoms with Crippen LogP contribution in [-0.2, 0) is 17.6 Å². The Morgan fingerprint density at radius 2 is 1.88 bits per heavy atom. The van der Waals surface area contributed by atoms with Crippen molar-refractivity contribution in [1.82, 2.24) is 19.9 Å². The molecule has 0 aliphatic heterocycles. The van der Waals surface area contributed by atoms with Gasteiger partial charge in [0, 0.05) is 31.3 Å². The van der Waals surface area contributed by atoms with Crippen molar-refractivity contribution in [3.05, 3.63) is 93.7 Å². The van der Waals surface area contributed by atoms with Gasteiger partial charge in [-0.15, -0.1) is 0 Å². The summed E-state index contributed by atoms with van der Waals surface area (Å²) in [4.78, 5) is 21.9. The van der Waals surface area contributed by atoms with E-state index in [-0.39, 0.29) is 18.1 Å². The first kappa shape index (κ1) is 22.2. The van der Waals surface area contributed by atoms with Gasteiger partial charge in [0.1, 0.15) is 17.7 Å². The first-order valence-electron chi connectivity index (χ1n) is 10.2. The van der Waals surface area contributed by atoms with Crippen LogP contribution < -0.4 is 5.32 Å². The zero-order valence-electron chi connectivity index (χ0n) is 17.4. The van der Waals surface area contributed by atoms with Gasteiger partial charge >= 0.3 is 0 Å². The molecule has 8 heteroatoms. The lowest BCUT2D eigenvalue weighted by Crippen LogP contribution is -2.33. The van der Waals surface area contributed by atoms with E-state index in [1.54, 1.807) is 48.0 Å². The summed E-state index contributed by atoms with van der Waals surface area (Å²) in [5, 5.41) is 3.68. The molecule has 4 aromatic rings. The van der Waals surface area contributed by atoms with Crippen LogP contribution in [0.4, 0.5) is 4.39 Å². The van der Waals surface area contributed by atoms with Crippen molar-refractivity contribution in [2.75, 3.05) is 6.54 Å². The van der Waals surface area contributed by atoms with Crippen molar-refractivity contribution in [2.45, 2.75) is 25.8 Å². The Labute approximate surface area is 195 Å². The minimum atomic E-state index is -0.595. The fourth-order valence-electron chi connectivity index (χ4n) is 3.63. The van der Waals surface area contributed by atoms with Crippen LogP contribution in [-0.4, -0.2) is 27.0 Å². The number of nitrogens with zero attached hydrogens (tertiary/aromatic N) is 3. The van der Waals surface area contributed by atoms with Crippen LogP contribution in [0.1, 0.15) is 30.0 Å². The standard InChI is InChI=1S/C24H21Cl2FN4O/c1-15(24(32)29-11-9-17-7-4-5-10-28-17)31-22-14-19(26)18(25)13-21(22)30-23(31)12-16-6-2-3-8-20(16)27/h2-8,10,13-15H,9,11-12H2,1H3,(H,29,32). The molecule has 0 bridgehead atoms. The average Bonchev–Trinajstić information content (AvgIpc) is 3.12. The smallest absolute Gasteiger partial charge is 0.242 e. The number of halogens is 3. The topological polar surface area (TPSA) is 59.8 Å². The Morgan fingerprint density at radius 3 is 2.62 bits per heavy atom. The van der Waals surface area contributed by atoms with Crippen molar-refractivity contribution in [3.63, 3.8) is 0 Å². The summed E-state index contributed by atoms with van der Waals surface area (Å²) in [6.07, 6.45) is 2.57. The number of fused-ring (bicyclic) bond motifs is 1. The number of carbonyl (C=O) groups excluding carboxylic acids is 1. The fourth-order valence-corrected chi connectivity index (χ4v) is 3.95. The van der Waals surface area contributed by atoms with Gasteiger partial charge in [-0.1, -0.05) is 47.5 Å².